The second-order valence-electron chi connectivity index (χ2n) is 5.71. The predicted octanol–water partition coefficient (Wildman–Crippen LogP) is 1.59. The molecule has 2 aliphatic rings. The highest BCUT2D eigenvalue weighted by atomic mass is 32.2. The van der Waals surface area contributed by atoms with E-state index in [1.165, 1.54) is 0 Å². The van der Waals surface area contributed by atoms with Crippen LogP contribution < -0.4 is 0 Å². The number of benzene rings is 1. The lowest BCUT2D eigenvalue weighted by Crippen LogP contribution is -2.37. The monoisotopic (exact) mass is 305 g/mol. The van der Waals surface area contributed by atoms with E-state index in [-0.39, 0.29) is 12.6 Å². The predicted molar refractivity (Wildman–Crippen MR) is 80.0 cm³/mol. The molecule has 2 fully saturated rings. The fraction of sp³-hybridized carbons (Fsp3) is 0.500. The quantitative estimate of drug-likeness (QED) is 0.863. The molecule has 2 unspecified atom stereocenters. The van der Waals surface area contributed by atoms with Gasteiger partial charge in [-0.2, -0.15) is 4.31 Å². The van der Waals surface area contributed by atoms with Gasteiger partial charge in [-0.25, -0.2) is 8.42 Å². The maximum Gasteiger partial charge on any atom is 0.243 e. The van der Waals surface area contributed by atoms with E-state index < -0.39 is 10.0 Å². The molecule has 21 heavy (non-hydrogen) atoms. The van der Waals surface area contributed by atoms with Crippen molar-refractivity contribution in [2.45, 2.75) is 36.6 Å². The minimum absolute atomic E-state index is 0.0157. The number of piperidine rings is 1. The van der Waals surface area contributed by atoms with E-state index in [2.05, 4.69) is 11.8 Å². The molecule has 1 aromatic rings. The molecular weight excluding hydrogens is 286 g/mol. The van der Waals surface area contributed by atoms with Crippen LogP contribution in [-0.4, -0.2) is 37.0 Å². The highest BCUT2D eigenvalue weighted by Crippen LogP contribution is 2.40. The van der Waals surface area contributed by atoms with Crippen molar-refractivity contribution in [1.82, 2.24) is 4.31 Å². The van der Waals surface area contributed by atoms with E-state index in [1.807, 2.05) is 0 Å². The molecule has 3 rings (SSSR count). The van der Waals surface area contributed by atoms with Crippen LogP contribution in [0.1, 0.15) is 31.2 Å². The zero-order valence-corrected chi connectivity index (χ0v) is 12.6. The summed E-state index contributed by atoms with van der Waals surface area (Å²) in [7, 11) is -3.41. The van der Waals surface area contributed by atoms with Crippen molar-refractivity contribution in [2.75, 3.05) is 13.2 Å². The lowest BCUT2D eigenvalue weighted by molar-refractivity contribution is 0.305. The summed E-state index contributed by atoms with van der Waals surface area (Å²) in [4.78, 5) is 0.325. The van der Waals surface area contributed by atoms with Gasteiger partial charge in [0.05, 0.1) is 11.5 Å². The molecule has 1 aliphatic heterocycles. The fourth-order valence-electron chi connectivity index (χ4n) is 3.26. The van der Waals surface area contributed by atoms with Crippen molar-refractivity contribution in [3.05, 3.63) is 29.8 Å². The minimum Gasteiger partial charge on any atom is -0.395 e. The van der Waals surface area contributed by atoms with E-state index in [1.54, 1.807) is 28.6 Å². The summed E-state index contributed by atoms with van der Waals surface area (Å²) >= 11 is 0. The van der Waals surface area contributed by atoms with Crippen molar-refractivity contribution in [2.24, 2.45) is 5.92 Å². The Labute approximate surface area is 125 Å². The van der Waals surface area contributed by atoms with Crippen LogP contribution >= 0.6 is 0 Å². The van der Waals surface area contributed by atoms with E-state index >= 15 is 0 Å². The van der Waals surface area contributed by atoms with Gasteiger partial charge in [-0.05, 0) is 43.4 Å². The van der Waals surface area contributed by atoms with E-state index in [0.717, 1.165) is 19.3 Å². The summed E-state index contributed by atoms with van der Waals surface area (Å²) < 4.78 is 27.2. The Hall–Kier alpha value is -1.35. The Balaban J connectivity index is 1.86. The molecule has 1 aromatic carbocycles. The van der Waals surface area contributed by atoms with Gasteiger partial charge >= 0.3 is 0 Å². The molecule has 1 saturated carbocycles. The highest BCUT2D eigenvalue weighted by molar-refractivity contribution is 7.89. The van der Waals surface area contributed by atoms with Crippen LogP contribution in [0.2, 0.25) is 0 Å². The normalized spacial score (nSPS) is 24.8. The second-order valence-corrected chi connectivity index (χ2v) is 7.60. The number of aliphatic hydroxyl groups excluding tert-OH is 1. The number of sulfonamides is 1. The van der Waals surface area contributed by atoms with Gasteiger partial charge in [0.2, 0.25) is 10.0 Å². The molecule has 2 atom stereocenters. The molecule has 2 bridgehead atoms. The summed E-state index contributed by atoms with van der Waals surface area (Å²) in [5.74, 6) is 6.25. The van der Waals surface area contributed by atoms with Gasteiger partial charge in [0.25, 0.3) is 0 Å². The smallest absolute Gasteiger partial charge is 0.243 e. The summed E-state index contributed by atoms with van der Waals surface area (Å²) in [6.45, 7) is 0.676. The van der Waals surface area contributed by atoms with Gasteiger partial charge in [-0.1, -0.05) is 17.9 Å². The first kappa shape index (κ1) is 14.6. The molecule has 4 nitrogen and oxygen atoms in total. The van der Waals surface area contributed by atoms with Crippen LogP contribution in [0.15, 0.2) is 29.2 Å². The Morgan fingerprint density at radius 3 is 2.86 bits per heavy atom. The van der Waals surface area contributed by atoms with Gasteiger partial charge < -0.3 is 5.11 Å². The molecule has 5 heteroatoms. The molecule has 1 saturated heterocycles. The molecule has 0 amide bonds. The van der Waals surface area contributed by atoms with Crippen molar-refractivity contribution in [1.29, 1.82) is 0 Å². The first-order valence-electron chi connectivity index (χ1n) is 7.33. The number of aliphatic hydroxyl groups is 1. The maximum absolute atomic E-state index is 12.7. The summed E-state index contributed by atoms with van der Waals surface area (Å²) in [5, 5.41) is 8.73. The van der Waals surface area contributed by atoms with Crippen LogP contribution in [0.25, 0.3) is 0 Å². The molecule has 0 spiro atoms. The van der Waals surface area contributed by atoms with Crippen LogP contribution in [0.3, 0.4) is 0 Å². The van der Waals surface area contributed by atoms with Gasteiger partial charge in [0.15, 0.2) is 0 Å². The number of hydrogen-bond donors (Lipinski definition) is 1. The lowest BCUT2D eigenvalue weighted by atomic mass is 10.1. The third-order valence-electron chi connectivity index (χ3n) is 4.27. The van der Waals surface area contributed by atoms with Crippen LogP contribution in [0.5, 0.6) is 0 Å². The van der Waals surface area contributed by atoms with Gasteiger partial charge in [0.1, 0.15) is 0 Å². The van der Waals surface area contributed by atoms with Crippen molar-refractivity contribution in [3.8, 4) is 11.8 Å². The average molecular weight is 305 g/mol. The van der Waals surface area contributed by atoms with Crippen molar-refractivity contribution in [3.63, 3.8) is 0 Å². The molecule has 1 heterocycles. The van der Waals surface area contributed by atoms with Gasteiger partial charge in [-0.15, -0.1) is 0 Å². The SMILES string of the molecule is O=S(=O)(c1cccc(C#CCCO)c1)N1CC2CCC1C2. The highest BCUT2D eigenvalue weighted by Gasteiger charge is 2.44. The number of fused-ring (bicyclic) bond motifs is 2. The zero-order chi connectivity index (χ0) is 14.9. The Morgan fingerprint density at radius 1 is 1.33 bits per heavy atom. The topological polar surface area (TPSA) is 57.6 Å². The lowest BCUT2D eigenvalue weighted by Gasteiger charge is -2.26. The molecule has 0 radical (unpaired) electrons. The summed E-state index contributed by atoms with van der Waals surface area (Å²) in [6, 6.07) is 6.97. The minimum atomic E-state index is -3.41. The van der Waals surface area contributed by atoms with E-state index in [9.17, 15) is 8.42 Å². The largest absolute Gasteiger partial charge is 0.395 e. The van der Waals surface area contributed by atoms with Crippen LogP contribution in [-0.2, 0) is 10.0 Å². The first-order chi connectivity index (χ1) is 10.1. The maximum atomic E-state index is 12.7. The Kier molecular flexibility index (Phi) is 4.03. The second kappa shape index (κ2) is 5.80. The van der Waals surface area contributed by atoms with Gasteiger partial charge in [-0.3, -0.25) is 0 Å². The van der Waals surface area contributed by atoms with Crippen molar-refractivity contribution >= 4 is 10.0 Å². The number of rotatable bonds is 3. The third kappa shape index (κ3) is 2.84. The zero-order valence-electron chi connectivity index (χ0n) is 11.8. The van der Waals surface area contributed by atoms with Crippen LogP contribution in [0.4, 0.5) is 0 Å². The molecule has 1 aliphatic carbocycles. The molecule has 1 N–H and O–H groups in total. The molecule has 0 aromatic heterocycles. The van der Waals surface area contributed by atoms with Gasteiger partial charge in [0, 0.05) is 24.6 Å². The molecule has 112 valence electrons. The Bertz CT molecular complexity index is 687. The van der Waals surface area contributed by atoms with E-state index in [0.29, 0.717) is 29.3 Å². The number of hydrogen-bond acceptors (Lipinski definition) is 3. The standard InChI is InChI=1S/C16H19NO3S/c18-9-2-1-4-13-5-3-6-16(11-13)21(19,20)17-12-14-7-8-15(17)10-14/h3,5-6,11,14-15,18H,2,7-10,12H2. The molecular formula is C16H19NO3S. The summed E-state index contributed by atoms with van der Waals surface area (Å²) in [5.41, 5.74) is 0.675. The Morgan fingerprint density at radius 2 is 2.19 bits per heavy atom. The van der Waals surface area contributed by atoms with Crippen LogP contribution in [0, 0.1) is 17.8 Å². The summed E-state index contributed by atoms with van der Waals surface area (Å²) in [6.07, 6.45) is 3.55. The third-order valence-corrected chi connectivity index (χ3v) is 6.18. The van der Waals surface area contributed by atoms with E-state index in [4.69, 9.17) is 5.11 Å². The van der Waals surface area contributed by atoms with Crippen molar-refractivity contribution < 1.29 is 13.5 Å². The fourth-order valence-corrected chi connectivity index (χ4v) is 5.05. The first-order valence-corrected chi connectivity index (χ1v) is 8.77. The number of nitrogens with zero attached hydrogens (tertiary/aromatic N) is 1. The average Bonchev–Trinajstić information content (AvgIpc) is 3.11.